The fourth-order valence-corrected chi connectivity index (χ4v) is 2.51. The topological polar surface area (TPSA) is 74.6 Å². The van der Waals surface area contributed by atoms with Gasteiger partial charge in [0.1, 0.15) is 12.6 Å². The molecule has 2 aromatic carbocycles. The Morgan fingerprint density at radius 3 is 1.57 bits per heavy atom. The molecule has 2 aromatic rings. The first-order chi connectivity index (χ1) is 14.2. The molecule has 0 atom stereocenters. The minimum absolute atomic E-state index is 0.498. The van der Waals surface area contributed by atoms with Crippen LogP contribution in [0.1, 0.15) is 66.8 Å². The van der Waals surface area contributed by atoms with Gasteiger partial charge in [0, 0.05) is 15.6 Å². The van der Waals surface area contributed by atoms with Gasteiger partial charge in [-0.3, -0.25) is 9.59 Å². The van der Waals surface area contributed by atoms with E-state index in [1.54, 1.807) is 12.1 Å². The molecule has 4 nitrogen and oxygen atoms in total. The van der Waals surface area contributed by atoms with Crippen LogP contribution in [-0.4, -0.2) is 29.7 Å². The average molecular weight is 477 g/mol. The van der Waals surface area contributed by atoms with E-state index >= 15 is 0 Å². The smallest absolute Gasteiger partial charge is 0.427 e. The molecule has 0 aliphatic rings. The average Bonchev–Trinajstić information content (AvgIpc) is 2.72. The largest absolute Gasteiger partial charge is 0.451 e. The number of aryl methyl sites for hydroxylation is 1. The number of hydrogen-bond acceptors (Lipinski definition) is 4. The van der Waals surface area contributed by atoms with Gasteiger partial charge in [0.05, 0.1) is 0 Å². The summed E-state index contributed by atoms with van der Waals surface area (Å²) in [4.78, 5) is 20.5. The Hall–Kier alpha value is -1.76. The molecule has 0 fully saturated rings. The SMILES string of the molecule is CC(C)CCB(O)O.CC(C)CCc1ccc(C=O)cc1.O=Cc1ccc(Br)cc1. The molecule has 0 saturated carbocycles. The standard InChI is InChI=1S/C12H16O.C7H5BrO.C5H13BO2/c1-10(2)3-4-11-5-7-12(9-13)8-6-11;8-7-3-1-6(5-9)2-4-7;1-5(2)3-4-6(7)8/h5-10H,3-4H2,1-2H3;1-5H;5,7-8H,3-4H2,1-2H3. The van der Waals surface area contributed by atoms with Crippen LogP contribution in [0.3, 0.4) is 0 Å². The normalized spacial score (nSPS) is 9.90. The number of benzene rings is 2. The van der Waals surface area contributed by atoms with Crippen LogP contribution in [0.2, 0.25) is 6.32 Å². The Morgan fingerprint density at radius 1 is 0.800 bits per heavy atom. The zero-order valence-electron chi connectivity index (χ0n) is 18.4. The maximum absolute atomic E-state index is 10.4. The molecule has 30 heavy (non-hydrogen) atoms. The molecule has 0 saturated heterocycles. The maximum atomic E-state index is 10.4. The van der Waals surface area contributed by atoms with Crippen LogP contribution >= 0.6 is 15.9 Å². The van der Waals surface area contributed by atoms with Gasteiger partial charge in [-0.1, -0.05) is 86.4 Å². The molecule has 0 aliphatic heterocycles. The summed E-state index contributed by atoms with van der Waals surface area (Å²) in [5.41, 5.74) is 2.78. The van der Waals surface area contributed by atoms with Crippen molar-refractivity contribution in [1.82, 2.24) is 0 Å². The van der Waals surface area contributed by atoms with Crippen molar-refractivity contribution in [3.05, 3.63) is 69.7 Å². The van der Waals surface area contributed by atoms with Gasteiger partial charge in [-0.05, 0) is 48.7 Å². The van der Waals surface area contributed by atoms with Gasteiger partial charge in [-0.25, -0.2) is 0 Å². The Balaban J connectivity index is 0.000000438. The fourth-order valence-electron chi connectivity index (χ4n) is 2.24. The molecule has 0 amide bonds. The van der Waals surface area contributed by atoms with Crippen LogP contribution in [0, 0.1) is 11.8 Å². The lowest BCUT2D eigenvalue weighted by Gasteiger charge is -2.04. The molecule has 6 heteroatoms. The van der Waals surface area contributed by atoms with Crippen molar-refractivity contribution in [2.45, 2.75) is 53.3 Å². The molecule has 0 heterocycles. The molecule has 0 bridgehead atoms. The Labute approximate surface area is 190 Å². The van der Waals surface area contributed by atoms with Crippen molar-refractivity contribution in [3.8, 4) is 0 Å². The lowest BCUT2D eigenvalue weighted by atomic mass is 9.82. The van der Waals surface area contributed by atoms with Crippen molar-refractivity contribution in [3.63, 3.8) is 0 Å². The van der Waals surface area contributed by atoms with E-state index in [1.807, 2.05) is 36.4 Å². The number of carbonyl (C=O) groups excluding carboxylic acids is 2. The van der Waals surface area contributed by atoms with E-state index in [4.69, 9.17) is 10.0 Å². The van der Waals surface area contributed by atoms with Gasteiger partial charge in [-0.2, -0.15) is 0 Å². The van der Waals surface area contributed by atoms with E-state index in [9.17, 15) is 9.59 Å². The second-order valence-electron chi connectivity index (χ2n) is 7.91. The van der Waals surface area contributed by atoms with Crippen LogP contribution < -0.4 is 0 Å². The highest BCUT2D eigenvalue weighted by Crippen LogP contribution is 2.10. The van der Waals surface area contributed by atoms with Crippen LogP contribution in [0.5, 0.6) is 0 Å². The second-order valence-corrected chi connectivity index (χ2v) is 8.83. The van der Waals surface area contributed by atoms with Gasteiger partial charge in [0.2, 0.25) is 0 Å². The lowest BCUT2D eigenvalue weighted by molar-refractivity contribution is 0.111. The summed E-state index contributed by atoms with van der Waals surface area (Å²) in [5.74, 6) is 1.31. The summed E-state index contributed by atoms with van der Waals surface area (Å²) in [5, 5.41) is 16.7. The van der Waals surface area contributed by atoms with E-state index in [0.717, 1.165) is 41.4 Å². The van der Waals surface area contributed by atoms with E-state index < -0.39 is 7.12 Å². The van der Waals surface area contributed by atoms with Crippen LogP contribution in [0.15, 0.2) is 53.0 Å². The molecule has 0 spiro atoms. The van der Waals surface area contributed by atoms with E-state index in [2.05, 4.69) is 43.6 Å². The predicted octanol–water partition coefficient (Wildman–Crippen LogP) is 5.85. The molecule has 2 N–H and O–H groups in total. The van der Waals surface area contributed by atoms with E-state index in [1.165, 1.54) is 12.0 Å². The maximum Gasteiger partial charge on any atom is 0.451 e. The van der Waals surface area contributed by atoms with Crippen molar-refractivity contribution >= 4 is 35.6 Å². The molecule has 0 aliphatic carbocycles. The molecular weight excluding hydrogens is 443 g/mol. The minimum atomic E-state index is -1.11. The molecular formula is C24H34BBrO4. The summed E-state index contributed by atoms with van der Waals surface area (Å²) >= 11 is 3.26. The highest BCUT2D eigenvalue weighted by Gasteiger charge is 2.06. The van der Waals surface area contributed by atoms with Crippen LogP contribution in [-0.2, 0) is 6.42 Å². The number of aldehydes is 2. The van der Waals surface area contributed by atoms with E-state index in [0.29, 0.717) is 17.8 Å². The predicted molar refractivity (Wildman–Crippen MR) is 129 cm³/mol. The minimum Gasteiger partial charge on any atom is -0.427 e. The summed E-state index contributed by atoms with van der Waals surface area (Å²) in [6.07, 6.45) is 5.41. The molecule has 0 radical (unpaired) electrons. The summed E-state index contributed by atoms with van der Waals surface area (Å²) in [7, 11) is -1.11. The lowest BCUT2D eigenvalue weighted by Crippen LogP contribution is -2.10. The van der Waals surface area contributed by atoms with Gasteiger partial charge in [-0.15, -0.1) is 0 Å². The number of rotatable bonds is 8. The second kappa shape index (κ2) is 17.0. The molecule has 164 valence electrons. The summed E-state index contributed by atoms with van der Waals surface area (Å²) < 4.78 is 0.994. The summed E-state index contributed by atoms with van der Waals surface area (Å²) in [6.45, 7) is 8.56. The molecule has 0 unspecified atom stereocenters. The quantitative estimate of drug-likeness (QED) is 0.369. The summed E-state index contributed by atoms with van der Waals surface area (Å²) in [6, 6.07) is 15.0. The third kappa shape index (κ3) is 16.1. The van der Waals surface area contributed by atoms with Gasteiger partial charge < -0.3 is 10.0 Å². The first-order valence-electron chi connectivity index (χ1n) is 10.3. The fraction of sp³-hybridized carbons (Fsp3) is 0.417. The molecule has 2 rings (SSSR count). The highest BCUT2D eigenvalue weighted by atomic mass is 79.9. The van der Waals surface area contributed by atoms with Crippen molar-refractivity contribution in [2.24, 2.45) is 11.8 Å². The zero-order valence-corrected chi connectivity index (χ0v) is 20.0. The monoisotopic (exact) mass is 476 g/mol. The van der Waals surface area contributed by atoms with E-state index in [-0.39, 0.29) is 0 Å². The Bertz CT molecular complexity index is 690. The molecule has 0 aromatic heterocycles. The highest BCUT2D eigenvalue weighted by molar-refractivity contribution is 9.10. The Kier molecular flexibility index (Phi) is 16.0. The van der Waals surface area contributed by atoms with Crippen LogP contribution in [0.4, 0.5) is 0 Å². The first kappa shape index (κ1) is 28.2. The number of halogens is 1. The van der Waals surface area contributed by atoms with Crippen LogP contribution in [0.25, 0.3) is 0 Å². The van der Waals surface area contributed by atoms with Crippen molar-refractivity contribution < 1.29 is 19.6 Å². The van der Waals surface area contributed by atoms with Gasteiger partial charge in [0.25, 0.3) is 0 Å². The number of hydrogen-bond donors (Lipinski definition) is 2. The third-order valence-electron chi connectivity index (χ3n) is 4.13. The first-order valence-corrected chi connectivity index (χ1v) is 11.1. The third-order valence-corrected chi connectivity index (χ3v) is 4.66. The van der Waals surface area contributed by atoms with Crippen molar-refractivity contribution in [1.29, 1.82) is 0 Å². The van der Waals surface area contributed by atoms with Gasteiger partial charge >= 0.3 is 7.12 Å². The Morgan fingerprint density at radius 2 is 1.23 bits per heavy atom. The van der Waals surface area contributed by atoms with Gasteiger partial charge in [0.15, 0.2) is 0 Å². The van der Waals surface area contributed by atoms with Crippen molar-refractivity contribution in [2.75, 3.05) is 0 Å². The number of carbonyl (C=O) groups is 2. The zero-order chi connectivity index (χ0) is 22.9.